The van der Waals surface area contributed by atoms with Gasteiger partial charge in [-0.3, -0.25) is 9.59 Å². The number of halogens is 3. The highest BCUT2D eigenvalue weighted by atomic mass is 32.2. The molecule has 0 fully saturated rings. The summed E-state index contributed by atoms with van der Waals surface area (Å²) in [5, 5.41) is 4.68. The zero-order valence-electron chi connectivity index (χ0n) is 20.0. The number of anilines is 2. The van der Waals surface area contributed by atoms with Gasteiger partial charge in [-0.05, 0) is 59.7 Å². The molecular weight excluding hydrogens is 509 g/mol. The predicted molar refractivity (Wildman–Crippen MR) is 146 cm³/mol. The molecule has 0 saturated heterocycles. The second-order valence-corrected chi connectivity index (χ2v) is 9.41. The Bertz CT molecular complexity index is 1410. The molecule has 1 unspecified atom stereocenters. The van der Waals surface area contributed by atoms with Gasteiger partial charge in [-0.15, -0.1) is 11.8 Å². The molecule has 0 radical (unpaired) electrons. The Morgan fingerprint density at radius 1 is 0.737 bits per heavy atom. The number of alkyl halides is 3. The van der Waals surface area contributed by atoms with Crippen LogP contribution in [0.1, 0.15) is 21.9 Å². The number of carbonyl (C=O) groups excluding carboxylic acids is 2. The number of benzene rings is 4. The fraction of sp³-hybridized carbons (Fsp3) is 0.0667. The fourth-order valence-electron chi connectivity index (χ4n) is 3.55. The second-order valence-electron chi connectivity index (χ2n) is 8.23. The van der Waals surface area contributed by atoms with Crippen LogP contribution in [0.5, 0.6) is 0 Å². The third kappa shape index (κ3) is 7.60. The van der Waals surface area contributed by atoms with Crippen LogP contribution in [-0.2, 0) is 15.8 Å². The molecule has 8 heteroatoms. The maximum atomic E-state index is 13.2. The Hall–Kier alpha value is -4.30. The van der Waals surface area contributed by atoms with E-state index in [9.17, 15) is 22.8 Å². The fourth-order valence-corrected chi connectivity index (χ4v) is 4.58. The molecule has 0 aliphatic heterocycles. The summed E-state index contributed by atoms with van der Waals surface area (Å²) in [6.45, 7) is 0. The molecule has 0 aliphatic carbocycles. The molecule has 0 saturated carbocycles. The summed E-state index contributed by atoms with van der Waals surface area (Å²) in [4.78, 5) is 26.2. The molecule has 0 heterocycles. The van der Waals surface area contributed by atoms with Crippen molar-refractivity contribution >= 4 is 41.0 Å². The zero-order valence-corrected chi connectivity index (χ0v) is 20.8. The first-order chi connectivity index (χ1) is 18.3. The highest BCUT2D eigenvalue weighted by Crippen LogP contribution is 2.37. The highest BCUT2D eigenvalue weighted by molar-refractivity contribution is 8.00. The van der Waals surface area contributed by atoms with E-state index in [4.69, 9.17) is 0 Å². The average molecular weight is 533 g/mol. The molecule has 38 heavy (non-hydrogen) atoms. The van der Waals surface area contributed by atoms with E-state index < -0.39 is 22.9 Å². The van der Waals surface area contributed by atoms with Crippen LogP contribution >= 0.6 is 11.8 Å². The van der Waals surface area contributed by atoms with Crippen LogP contribution in [0, 0.1) is 0 Å². The summed E-state index contributed by atoms with van der Waals surface area (Å²) < 4.78 is 39.3. The summed E-state index contributed by atoms with van der Waals surface area (Å²) in [7, 11) is 0. The van der Waals surface area contributed by atoms with Crippen molar-refractivity contribution in [1.82, 2.24) is 0 Å². The lowest BCUT2D eigenvalue weighted by atomic mass is 10.1. The van der Waals surface area contributed by atoms with Crippen molar-refractivity contribution in [1.29, 1.82) is 0 Å². The van der Waals surface area contributed by atoms with Gasteiger partial charge in [-0.2, -0.15) is 13.2 Å². The van der Waals surface area contributed by atoms with Crippen LogP contribution in [0.4, 0.5) is 24.5 Å². The molecule has 1 atom stereocenters. The van der Waals surface area contributed by atoms with Crippen molar-refractivity contribution in [3.8, 4) is 0 Å². The minimum atomic E-state index is -4.51. The van der Waals surface area contributed by atoms with Crippen molar-refractivity contribution in [2.24, 2.45) is 0 Å². The van der Waals surface area contributed by atoms with Crippen LogP contribution in [0.25, 0.3) is 6.08 Å². The minimum Gasteiger partial charge on any atom is -0.325 e. The summed E-state index contributed by atoms with van der Waals surface area (Å²) in [6.07, 6.45) is -1.35. The Labute approximate surface area is 222 Å². The Morgan fingerprint density at radius 2 is 1.39 bits per heavy atom. The highest BCUT2D eigenvalue weighted by Gasteiger charge is 2.31. The van der Waals surface area contributed by atoms with E-state index >= 15 is 0 Å². The van der Waals surface area contributed by atoms with Gasteiger partial charge in [0, 0.05) is 22.3 Å². The van der Waals surface area contributed by atoms with Gasteiger partial charge in [-0.1, -0.05) is 66.7 Å². The van der Waals surface area contributed by atoms with E-state index in [1.807, 2.05) is 36.4 Å². The number of carbonyl (C=O) groups is 2. The Balaban J connectivity index is 1.45. The van der Waals surface area contributed by atoms with Gasteiger partial charge in [-0.25, -0.2) is 0 Å². The number of nitrogens with one attached hydrogen (secondary N) is 2. The molecule has 2 amide bonds. The number of thioether (sulfide) groups is 1. The second kappa shape index (κ2) is 12.3. The molecule has 4 nitrogen and oxygen atoms in total. The van der Waals surface area contributed by atoms with E-state index in [0.717, 1.165) is 22.6 Å². The van der Waals surface area contributed by atoms with E-state index in [1.54, 1.807) is 54.6 Å². The van der Waals surface area contributed by atoms with Crippen LogP contribution in [0.15, 0.2) is 120 Å². The van der Waals surface area contributed by atoms with Gasteiger partial charge in [0.1, 0.15) is 5.25 Å². The maximum absolute atomic E-state index is 13.2. The topological polar surface area (TPSA) is 58.2 Å². The first-order valence-corrected chi connectivity index (χ1v) is 12.5. The molecule has 2 N–H and O–H groups in total. The zero-order chi connectivity index (χ0) is 27.0. The standard InChI is InChI=1S/C30H23F3N2O2S/c31-30(32,33)23-12-7-13-25(20-23)35-29(37)28(22-10-5-2-6-11-22)38-26-17-15-24(16-18-26)34-27(36)19-14-21-8-3-1-4-9-21/h1-20,28H,(H,34,36)(H,35,37)/b19-14+. The number of rotatable bonds is 8. The van der Waals surface area contributed by atoms with Crippen molar-refractivity contribution in [2.75, 3.05) is 10.6 Å². The van der Waals surface area contributed by atoms with Gasteiger partial charge < -0.3 is 10.6 Å². The maximum Gasteiger partial charge on any atom is 0.416 e. The molecule has 0 aliphatic rings. The SMILES string of the molecule is O=C(/C=C/c1ccccc1)Nc1ccc(SC(C(=O)Nc2cccc(C(F)(F)F)c2)c2ccccc2)cc1. The third-order valence-electron chi connectivity index (χ3n) is 5.40. The van der Waals surface area contributed by atoms with Crippen molar-refractivity contribution in [3.05, 3.63) is 132 Å². The largest absolute Gasteiger partial charge is 0.416 e. The molecule has 0 spiro atoms. The van der Waals surface area contributed by atoms with E-state index in [1.165, 1.54) is 30.0 Å². The molecule has 4 aromatic rings. The summed E-state index contributed by atoms with van der Waals surface area (Å²) in [5.41, 5.74) is 1.42. The van der Waals surface area contributed by atoms with Crippen molar-refractivity contribution < 1.29 is 22.8 Å². The first kappa shape index (κ1) is 26.8. The van der Waals surface area contributed by atoms with Gasteiger partial charge in [0.15, 0.2) is 0 Å². The predicted octanol–water partition coefficient (Wildman–Crippen LogP) is 7.83. The third-order valence-corrected chi connectivity index (χ3v) is 6.67. The first-order valence-electron chi connectivity index (χ1n) is 11.6. The molecule has 4 aromatic carbocycles. The van der Waals surface area contributed by atoms with Gasteiger partial charge in [0.25, 0.3) is 0 Å². The summed E-state index contributed by atoms with van der Waals surface area (Å²) in [6, 6.07) is 30.0. The smallest absolute Gasteiger partial charge is 0.325 e. The molecule has 192 valence electrons. The normalized spacial score (nSPS) is 12.2. The van der Waals surface area contributed by atoms with E-state index in [2.05, 4.69) is 10.6 Å². The van der Waals surface area contributed by atoms with Crippen LogP contribution in [0.3, 0.4) is 0 Å². The van der Waals surface area contributed by atoms with Crippen LogP contribution in [-0.4, -0.2) is 11.8 Å². The molecule has 4 rings (SSSR count). The summed E-state index contributed by atoms with van der Waals surface area (Å²) >= 11 is 1.25. The number of hydrogen-bond acceptors (Lipinski definition) is 3. The lowest BCUT2D eigenvalue weighted by Gasteiger charge is -2.18. The quantitative estimate of drug-likeness (QED) is 0.180. The minimum absolute atomic E-state index is 0.0629. The van der Waals surface area contributed by atoms with Gasteiger partial charge in [0.2, 0.25) is 11.8 Å². The molecule has 0 bridgehead atoms. The van der Waals surface area contributed by atoms with Gasteiger partial charge >= 0.3 is 6.18 Å². The van der Waals surface area contributed by atoms with Crippen LogP contribution < -0.4 is 10.6 Å². The lowest BCUT2D eigenvalue weighted by molar-refractivity contribution is -0.137. The summed E-state index contributed by atoms with van der Waals surface area (Å²) in [5.74, 6) is -0.735. The Kier molecular flexibility index (Phi) is 8.66. The number of hydrogen-bond donors (Lipinski definition) is 2. The van der Waals surface area contributed by atoms with E-state index in [0.29, 0.717) is 11.3 Å². The molecule has 0 aromatic heterocycles. The van der Waals surface area contributed by atoms with Crippen molar-refractivity contribution in [2.45, 2.75) is 16.3 Å². The monoisotopic (exact) mass is 532 g/mol. The number of amides is 2. The lowest BCUT2D eigenvalue weighted by Crippen LogP contribution is -2.19. The Morgan fingerprint density at radius 3 is 2.05 bits per heavy atom. The van der Waals surface area contributed by atoms with Crippen molar-refractivity contribution in [3.63, 3.8) is 0 Å². The molecular formula is C30H23F3N2O2S. The van der Waals surface area contributed by atoms with Crippen LogP contribution in [0.2, 0.25) is 0 Å². The van der Waals surface area contributed by atoms with Gasteiger partial charge in [0.05, 0.1) is 5.56 Å². The van der Waals surface area contributed by atoms with E-state index in [-0.39, 0.29) is 11.6 Å². The average Bonchev–Trinajstić information content (AvgIpc) is 2.92.